The number of pyridine rings is 1. The van der Waals surface area contributed by atoms with Gasteiger partial charge in [-0.3, -0.25) is 4.40 Å². The Bertz CT molecular complexity index is 845. The highest BCUT2D eigenvalue weighted by molar-refractivity contribution is 9.11. The molecule has 0 N–H and O–H groups in total. The first kappa shape index (κ1) is 14.2. The summed E-state index contributed by atoms with van der Waals surface area (Å²) in [6, 6.07) is 9.18. The number of benzene rings is 1. The van der Waals surface area contributed by atoms with Gasteiger partial charge in [0.15, 0.2) is 11.5 Å². The molecule has 106 valence electrons. The Balaban J connectivity index is 2.23. The Labute approximate surface area is 137 Å². The van der Waals surface area contributed by atoms with Crippen molar-refractivity contribution < 1.29 is 9.53 Å². The lowest BCUT2D eigenvalue weighted by Gasteiger charge is -2.05. The Morgan fingerprint density at radius 3 is 2.76 bits per heavy atom. The number of hydrogen-bond donors (Lipinski definition) is 0. The summed E-state index contributed by atoms with van der Waals surface area (Å²) in [7, 11) is 1.35. The van der Waals surface area contributed by atoms with Gasteiger partial charge in [-0.2, -0.15) is 0 Å². The van der Waals surface area contributed by atoms with Gasteiger partial charge in [-0.15, -0.1) is 10.2 Å². The van der Waals surface area contributed by atoms with E-state index in [0.29, 0.717) is 17.0 Å². The highest BCUT2D eigenvalue weighted by Gasteiger charge is 2.14. The van der Waals surface area contributed by atoms with Gasteiger partial charge < -0.3 is 4.74 Å². The lowest BCUT2D eigenvalue weighted by Crippen LogP contribution is -2.03. The first-order valence-corrected chi connectivity index (χ1v) is 7.57. The highest BCUT2D eigenvalue weighted by Crippen LogP contribution is 2.30. The molecule has 0 unspecified atom stereocenters. The van der Waals surface area contributed by atoms with E-state index in [1.807, 2.05) is 18.2 Å². The lowest BCUT2D eigenvalue weighted by molar-refractivity contribution is 0.0600. The molecular formula is C14H9Br2N3O2. The van der Waals surface area contributed by atoms with Crippen LogP contribution >= 0.6 is 31.9 Å². The van der Waals surface area contributed by atoms with Gasteiger partial charge in [0, 0.05) is 20.7 Å². The normalized spacial score (nSPS) is 10.8. The van der Waals surface area contributed by atoms with Crippen LogP contribution in [0.4, 0.5) is 0 Å². The van der Waals surface area contributed by atoms with E-state index in [2.05, 4.69) is 42.1 Å². The minimum atomic E-state index is -0.398. The summed E-state index contributed by atoms with van der Waals surface area (Å²) in [5, 5.41) is 8.32. The summed E-state index contributed by atoms with van der Waals surface area (Å²) in [6.07, 6.45) is 1.67. The minimum absolute atomic E-state index is 0.398. The number of aromatic nitrogens is 3. The second kappa shape index (κ2) is 5.57. The number of rotatable bonds is 2. The number of fused-ring (bicyclic) bond motifs is 1. The molecular weight excluding hydrogens is 402 g/mol. The summed E-state index contributed by atoms with van der Waals surface area (Å²) < 4.78 is 8.33. The molecule has 0 aliphatic carbocycles. The Kier molecular flexibility index (Phi) is 3.77. The van der Waals surface area contributed by atoms with E-state index in [1.165, 1.54) is 7.11 Å². The zero-order chi connectivity index (χ0) is 15.0. The molecule has 7 heteroatoms. The van der Waals surface area contributed by atoms with E-state index >= 15 is 0 Å². The van der Waals surface area contributed by atoms with Crippen molar-refractivity contribution in [2.45, 2.75) is 0 Å². The number of hydrogen-bond acceptors (Lipinski definition) is 4. The lowest BCUT2D eigenvalue weighted by atomic mass is 10.2. The Morgan fingerprint density at radius 1 is 1.19 bits per heavy atom. The van der Waals surface area contributed by atoms with Gasteiger partial charge in [0.25, 0.3) is 0 Å². The molecule has 0 amide bonds. The van der Waals surface area contributed by atoms with E-state index in [9.17, 15) is 4.79 Å². The fourth-order valence-corrected chi connectivity index (χ4v) is 2.77. The number of ether oxygens (including phenoxy) is 1. The molecule has 0 spiro atoms. The summed E-state index contributed by atoms with van der Waals surface area (Å²) >= 11 is 6.95. The monoisotopic (exact) mass is 409 g/mol. The van der Waals surface area contributed by atoms with Crippen molar-refractivity contribution in [3.63, 3.8) is 0 Å². The van der Waals surface area contributed by atoms with Gasteiger partial charge in [0.1, 0.15) is 0 Å². The molecule has 0 fully saturated rings. The molecule has 3 aromatic rings. The molecule has 0 saturated heterocycles. The SMILES string of the molecule is COC(=O)c1ccc2nnc(-c3cc(Br)ccc3Br)n2c1. The third-order valence-corrected chi connectivity index (χ3v) is 4.18. The second-order valence-electron chi connectivity index (χ2n) is 4.29. The molecule has 0 bridgehead atoms. The maximum absolute atomic E-state index is 11.7. The average Bonchev–Trinajstić information content (AvgIpc) is 2.91. The zero-order valence-electron chi connectivity index (χ0n) is 10.9. The minimum Gasteiger partial charge on any atom is -0.465 e. The van der Waals surface area contributed by atoms with Crippen LogP contribution in [0.3, 0.4) is 0 Å². The van der Waals surface area contributed by atoms with Crippen LogP contribution in [0.1, 0.15) is 10.4 Å². The number of esters is 1. The summed E-state index contributed by atoms with van der Waals surface area (Å²) in [4.78, 5) is 11.7. The topological polar surface area (TPSA) is 56.5 Å². The van der Waals surface area contributed by atoms with E-state index < -0.39 is 5.97 Å². The number of nitrogens with zero attached hydrogens (tertiary/aromatic N) is 3. The third-order valence-electron chi connectivity index (χ3n) is 2.99. The van der Waals surface area contributed by atoms with Gasteiger partial charge in [-0.05, 0) is 30.3 Å². The number of carbonyl (C=O) groups excluding carboxylic acids is 1. The highest BCUT2D eigenvalue weighted by atomic mass is 79.9. The van der Waals surface area contributed by atoms with E-state index in [0.717, 1.165) is 14.5 Å². The number of halogens is 2. The molecule has 5 nitrogen and oxygen atoms in total. The van der Waals surface area contributed by atoms with Crippen LogP contribution in [-0.2, 0) is 4.74 Å². The van der Waals surface area contributed by atoms with Crippen LogP contribution < -0.4 is 0 Å². The van der Waals surface area contributed by atoms with Crippen molar-refractivity contribution >= 4 is 43.5 Å². The molecule has 2 heterocycles. The Hall–Kier alpha value is -1.73. The van der Waals surface area contributed by atoms with Gasteiger partial charge in [-0.25, -0.2) is 4.79 Å². The van der Waals surface area contributed by atoms with Crippen molar-refractivity contribution in [1.29, 1.82) is 0 Å². The molecule has 0 atom stereocenters. The largest absolute Gasteiger partial charge is 0.465 e. The fraction of sp³-hybridized carbons (Fsp3) is 0.0714. The average molecular weight is 411 g/mol. The van der Waals surface area contributed by atoms with Crippen LogP contribution in [0.15, 0.2) is 45.5 Å². The van der Waals surface area contributed by atoms with E-state index in [-0.39, 0.29) is 0 Å². The van der Waals surface area contributed by atoms with Crippen molar-refractivity contribution in [2.24, 2.45) is 0 Å². The molecule has 2 aromatic heterocycles. The molecule has 0 radical (unpaired) electrons. The first-order chi connectivity index (χ1) is 10.1. The maximum atomic E-state index is 11.7. The molecule has 3 rings (SSSR count). The molecule has 1 aromatic carbocycles. The van der Waals surface area contributed by atoms with Gasteiger partial charge in [0.2, 0.25) is 0 Å². The summed E-state index contributed by atoms with van der Waals surface area (Å²) in [5.74, 6) is 0.244. The van der Waals surface area contributed by atoms with Crippen LogP contribution in [0, 0.1) is 0 Å². The fourth-order valence-electron chi connectivity index (χ4n) is 1.98. The first-order valence-electron chi connectivity index (χ1n) is 5.98. The predicted octanol–water partition coefficient (Wildman–Crippen LogP) is 3.71. The summed E-state index contributed by atoms with van der Waals surface area (Å²) in [6.45, 7) is 0. The van der Waals surface area contributed by atoms with Gasteiger partial charge >= 0.3 is 5.97 Å². The van der Waals surface area contributed by atoms with E-state index in [4.69, 9.17) is 4.74 Å². The smallest absolute Gasteiger partial charge is 0.339 e. The molecule has 0 aliphatic rings. The number of carbonyl (C=O) groups is 1. The molecule has 21 heavy (non-hydrogen) atoms. The van der Waals surface area contributed by atoms with Crippen molar-refractivity contribution in [3.8, 4) is 11.4 Å². The van der Waals surface area contributed by atoms with Crippen LogP contribution in [0.25, 0.3) is 17.0 Å². The Morgan fingerprint density at radius 2 is 2.00 bits per heavy atom. The zero-order valence-corrected chi connectivity index (χ0v) is 14.1. The quantitative estimate of drug-likeness (QED) is 0.604. The van der Waals surface area contributed by atoms with Crippen LogP contribution in [-0.4, -0.2) is 27.7 Å². The van der Waals surface area contributed by atoms with Gasteiger partial charge in [-0.1, -0.05) is 31.9 Å². The predicted molar refractivity (Wildman–Crippen MR) is 85.2 cm³/mol. The standard InChI is InChI=1S/C14H9Br2N3O2/c1-21-14(20)8-2-5-12-17-18-13(19(12)7-8)10-6-9(15)3-4-11(10)16/h2-7H,1H3. The maximum Gasteiger partial charge on any atom is 0.339 e. The number of methoxy groups -OCH3 is 1. The summed E-state index contributed by atoms with van der Waals surface area (Å²) in [5.41, 5.74) is 1.97. The van der Waals surface area contributed by atoms with Gasteiger partial charge in [0.05, 0.1) is 12.7 Å². The van der Waals surface area contributed by atoms with Crippen molar-refractivity contribution in [3.05, 3.63) is 51.0 Å². The third kappa shape index (κ3) is 2.58. The van der Waals surface area contributed by atoms with Crippen molar-refractivity contribution in [1.82, 2.24) is 14.6 Å². The second-order valence-corrected chi connectivity index (χ2v) is 6.06. The van der Waals surface area contributed by atoms with E-state index in [1.54, 1.807) is 22.7 Å². The van der Waals surface area contributed by atoms with Crippen LogP contribution in [0.2, 0.25) is 0 Å². The van der Waals surface area contributed by atoms with Crippen molar-refractivity contribution in [2.75, 3.05) is 7.11 Å². The molecule has 0 saturated carbocycles. The van der Waals surface area contributed by atoms with Crippen LogP contribution in [0.5, 0.6) is 0 Å². The molecule has 0 aliphatic heterocycles.